The highest BCUT2D eigenvalue weighted by Gasteiger charge is 2.34. The Morgan fingerprint density at radius 2 is 2.20 bits per heavy atom. The van der Waals surface area contributed by atoms with Crippen LogP contribution in [0.25, 0.3) is 0 Å². The molecule has 1 atom stereocenters. The summed E-state index contributed by atoms with van der Waals surface area (Å²) >= 11 is 0. The fraction of sp³-hybridized carbons (Fsp3) is 0.333. The zero-order valence-corrected chi connectivity index (χ0v) is 11.5. The molecule has 0 unspecified atom stereocenters. The number of aromatic nitrogens is 5. The maximum Gasteiger partial charge on any atom is 0.248 e. The molecule has 104 valence electrons. The third kappa shape index (κ3) is 1.68. The molecule has 0 saturated carbocycles. The van der Waals surface area contributed by atoms with Crippen LogP contribution < -0.4 is 11.1 Å². The van der Waals surface area contributed by atoms with Crippen LogP contribution in [0.3, 0.4) is 0 Å². The van der Waals surface area contributed by atoms with Crippen molar-refractivity contribution in [2.24, 2.45) is 12.8 Å². The van der Waals surface area contributed by atoms with Gasteiger partial charge in [0.05, 0.1) is 11.3 Å². The summed E-state index contributed by atoms with van der Waals surface area (Å²) in [6.07, 6.45) is 3.31. The summed E-state index contributed by atoms with van der Waals surface area (Å²) in [4.78, 5) is 16.0. The lowest BCUT2D eigenvalue weighted by Gasteiger charge is -2.27. The molecule has 0 fully saturated rings. The van der Waals surface area contributed by atoms with Gasteiger partial charge in [-0.1, -0.05) is 0 Å². The summed E-state index contributed by atoms with van der Waals surface area (Å²) in [6, 6.07) is -0.403. The van der Waals surface area contributed by atoms with E-state index in [1.165, 1.54) is 6.33 Å². The average Bonchev–Trinajstić information content (AvgIpc) is 2.93. The predicted molar refractivity (Wildman–Crippen MR) is 71.6 cm³/mol. The minimum atomic E-state index is -0.482. The van der Waals surface area contributed by atoms with Gasteiger partial charge in [0.2, 0.25) is 11.9 Å². The van der Waals surface area contributed by atoms with Crippen LogP contribution in [0.1, 0.15) is 24.2 Å². The van der Waals surface area contributed by atoms with Crippen LogP contribution in [0, 0.1) is 6.92 Å². The Balaban J connectivity index is 2.25. The second-order valence-corrected chi connectivity index (χ2v) is 4.80. The van der Waals surface area contributed by atoms with Crippen molar-refractivity contribution in [3.63, 3.8) is 0 Å². The molecule has 1 amide bonds. The average molecular weight is 273 g/mol. The van der Waals surface area contributed by atoms with E-state index >= 15 is 0 Å². The number of allylic oxidation sites excluding steroid dienone is 1. The minimum Gasteiger partial charge on any atom is -0.366 e. The lowest BCUT2D eigenvalue weighted by atomic mass is 9.96. The van der Waals surface area contributed by atoms with Gasteiger partial charge in [-0.15, -0.1) is 0 Å². The molecule has 2 aromatic rings. The molecule has 8 nitrogen and oxygen atoms in total. The Kier molecular flexibility index (Phi) is 2.60. The van der Waals surface area contributed by atoms with E-state index in [1.807, 2.05) is 20.2 Å². The van der Waals surface area contributed by atoms with Crippen LogP contribution in [-0.4, -0.2) is 30.5 Å². The smallest absolute Gasteiger partial charge is 0.248 e. The van der Waals surface area contributed by atoms with Gasteiger partial charge < -0.3 is 11.1 Å². The summed E-state index contributed by atoms with van der Waals surface area (Å²) < 4.78 is 3.36. The highest BCUT2D eigenvalue weighted by Crippen LogP contribution is 2.35. The SMILES string of the molecule is CC1=C(C(N)=O)[C@@H](c2cn(C)nc2C)n2ncnc2N1. The standard InChI is InChI=1S/C12H15N7O/c1-6-8(4-18(3)17-6)10-9(11(13)20)7(2)16-12-14-5-15-19(10)12/h4-5,10H,1-3H3,(H2,13,20)(H,14,15,16)/t10-/m1/s1. The Labute approximate surface area is 115 Å². The van der Waals surface area contributed by atoms with Gasteiger partial charge >= 0.3 is 0 Å². The number of anilines is 1. The van der Waals surface area contributed by atoms with Gasteiger partial charge in [0.1, 0.15) is 12.4 Å². The number of hydrogen-bond donors (Lipinski definition) is 2. The first kappa shape index (κ1) is 12.4. The molecule has 1 aliphatic heterocycles. The first-order valence-electron chi connectivity index (χ1n) is 6.16. The number of rotatable bonds is 2. The summed E-state index contributed by atoms with van der Waals surface area (Å²) in [7, 11) is 1.83. The number of nitrogens with zero attached hydrogens (tertiary/aromatic N) is 5. The number of nitrogens with two attached hydrogens (primary N) is 1. The van der Waals surface area contributed by atoms with Crippen LogP contribution in [0.15, 0.2) is 23.8 Å². The first-order chi connectivity index (χ1) is 9.49. The molecule has 1 aliphatic rings. The molecule has 0 radical (unpaired) electrons. The number of amides is 1. The van der Waals surface area contributed by atoms with Gasteiger partial charge in [-0.2, -0.15) is 15.2 Å². The van der Waals surface area contributed by atoms with Crippen LogP contribution in [-0.2, 0) is 11.8 Å². The van der Waals surface area contributed by atoms with Crippen molar-refractivity contribution in [3.8, 4) is 0 Å². The van der Waals surface area contributed by atoms with Gasteiger partial charge in [0.15, 0.2) is 0 Å². The molecule has 0 aromatic carbocycles. The molecule has 3 rings (SSSR count). The van der Waals surface area contributed by atoms with E-state index in [4.69, 9.17) is 5.73 Å². The summed E-state index contributed by atoms with van der Waals surface area (Å²) in [5.74, 6) is 0.102. The zero-order chi connectivity index (χ0) is 14.4. The summed E-state index contributed by atoms with van der Waals surface area (Å²) in [6.45, 7) is 3.69. The van der Waals surface area contributed by atoms with Crippen molar-refractivity contribution in [1.82, 2.24) is 24.5 Å². The maximum absolute atomic E-state index is 11.8. The molecule has 2 aromatic heterocycles. The van der Waals surface area contributed by atoms with Crippen LogP contribution >= 0.6 is 0 Å². The quantitative estimate of drug-likeness (QED) is 0.807. The van der Waals surface area contributed by atoms with Crippen molar-refractivity contribution in [3.05, 3.63) is 35.1 Å². The Morgan fingerprint density at radius 1 is 1.45 bits per heavy atom. The Morgan fingerprint density at radius 3 is 2.80 bits per heavy atom. The molecule has 3 heterocycles. The lowest BCUT2D eigenvalue weighted by Crippen LogP contribution is -2.32. The van der Waals surface area contributed by atoms with E-state index in [0.717, 1.165) is 11.3 Å². The number of carbonyl (C=O) groups is 1. The first-order valence-corrected chi connectivity index (χ1v) is 6.16. The monoisotopic (exact) mass is 273 g/mol. The van der Waals surface area contributed by atoms with Gasteiger partial charge in [0.25, 0.3) is 0 Å². The van der Waals surface area contributed by atoms with Gasteiger partial charge in [0, 0.05) is 24.5 Å². The molecule has 3 N–H and O–H groups in total. The molecule has 0 bridgehead atoms. The van der Waals surface area contributed by atoms with Crippen LogP contribution in [0.5, 0.6) is 0 Å². The molecule has 0 saturated heterocycles. The van der Waals surface area contributed by atoms with E-state index in [1.54, 1.807) is 16.3 Å². The number of fused-ring (bicyclic) bond motifs is 1. The third-order valence-electron chi connectivity index (χ3n) is 3.41. The summed E-state index contributed by atoms with van der Waals surface area (Å²) in [5.41, 5.74) is 8.41. The predicted octanol–water partition coefficient (Wildman–Crippen LogP) is 0.0942. The fourth-order valence-corrected chi connectivity index (χ4v) is 2.58. The van der Waals surface area contributed by atoms with E-state index in [0.29, 0.717) is 17.2 Å². The van der Waals surface area contributed by atoms with Crippen LogP contribution in [0.2, 0.25) is 0 Å². The van der Waals surface area contributed by atoms with Crippen molar-refractivity contribution in [2.75, 3.05) is 5.32 Å². The zero-order valence-electron chi connectivity index (χ0n) is 11.5. The lowest BCUT2D eigenvalue weighted by molar-refractivity contribution is -0.115. The topological polar surface area (TPSA) is 104 Å². The van der Waals surface area contributed by atoms with Crippen molar-refractivity contribution in [1.29, 1.82) is 0 Å². The molecule has 0 aliphatic carbocycles. The van der Waals surface area contributed by atoms with Crippen LogP contribution in [0.4, 0.5) is 5.95 Å². The number of hydrogen-bond acceptors (Lipinski definition) is 5. The van der Waals surface area contributed by atoms with E-state index < -0.39 is 11.9 Å². The molecule has 8 heteroatoms. The molecule has 0 spiro atoms. The third-order valence-corrected chi connectivity index (χ3v) is 3.41. The number of aryl methyl sites for hydroxylation is 2. The molecular weight excluding hydrogens is 258 g/mol. The van der Waals surface area contributed by atoms with Crippen molar-refractivity contribution >= 4 is 11.9 Å². The fourth-order valence-electron chi connectivity index (χ4n) is 2.58. The second kappa shape index (κ2) is 4.19. The molecular formula is C12H15N7O. The number of primary amides is 1. The minimum absolute atomic E-state index is 0.403. The highest BCUT2D eigenvalue weighted by molar-refractivity contribution is 5.95. The van der Waals surface area contributed by atoms with E-state index in [9.17, 15) is 4.79 Å². The normalized spacial score (nSPS) is 17.9. The molecule has 20 heavy (non-hydrogen) atoms. The number of nitrogens with one attached hydrogen (secondary N) is 1. The second-order valence-electron chi connectivity index (χ2n) is 4.80. The summed E-state index contributed by atoms with van der Waals surface area (Å²) in [5, 5.41) is 11.6. The van der Waals surface area contributed by atoms with Gasteiger partial charge in [-0.3, -0.25) is 9.48 Å². The van der Waals surface area contributed by atoms with Crippen molar-refractivity contribution in [2.45, 2.75) is 19.9 Å². The van der Waals surface area contributed by atoms with Gasteiger partial charge in [-0.05, 0) is 13.8 Å². The Hall–Kier alpha value is -2.64. The maximum atomic E-state index is 11.8. The van der Waals surface area contributed by atoms with E-state index in [-0.39, 0.29) is 0 Å². The number of carbonyl (C=O) groups excluding carboxylic acids is 1. The highest BCUT2D eigenvalue weighted by atomic mass is 16.1. The van der Waals surface area contributed by atoms with Gasteiger partial charge in [-0.25, -0.2) is 4.68 Å². The van der Waals surface area contributed by atoms with E-state index in [2.05, 4.69) is 20.5 Å². The van der Waals surface area contributed by atoms with Crippen molar-refractivity contribution < 1.29 is 4.79 Å². The Bertz CT molecular complexity index is 724. The largest absolute Gasteiger partial charge is 0.366 e.